The Kier molecular flexibility index (Phi) is 3.11. The highest BCUT2D eigenvalue weighted by Crippen LogP contribution is 2.48. The van der Waals surface area contributed by atoms with E-state index in [0.717, 1.165) is 18.4 Å². The molecule has 1 N–H and O–H groups in total. The third-order valence-corrected chi connectivity index (χ3v) is 3.41. The molecule has 1 nitrogen and oxygen atoms in total. The molecule has 1 aliphatic carbocycles. The molecule has 0 spiro atoms. The summed E-state index contributed by atoms with van der Waals surface area (Å²) in [6.07, 6.45) is 1.37. The molecule has 0 aromatic heterocycles. The first kappa shape index (κ1) is 10.7. The Morgan fingerprint density at radius 2 is 2.13 bits per heavy atom. The molecule has 0 heterocycles. The molecule has 0 amide bonds. The topological polar surface area (TPSA) is 12.0 Å². The molecule has 1 aromatic rings. The molecule has 1 fully saturated rings. The van der Waals surface area contributed by atoms with Crippen molar-refractivity contribution in [2.45, 2.75) is 33.1 Å². The average Bonchev–Trinajstić information content (AvgIpc) is 2.98. The van der Waals surface area contributed by atoms with Gasteiger partial charge in [-0.05, 0) is 56.3 Å². The van der Waals surface area contributed by atoms with E-state index < -0.39 is 0 Å². The maximum absolute atomic E-state index is 3.44. The monoisotopic (exact) mass is 203 g/mol. The van der Waals surface area contributed by atoms with E-state index in [0.29, 0.717) is 0 Å². The Balaban J connectivity index is 2.03. The first-order chi connectivity index (χ1) is 7.22. The van der Waals surface area contributed by atoms with Gasteiger partial charge >= 0.3 is 0 Å². The van der Waals surface area contributed by atoms with Gasteiger partial charge in [0.2, 0.25) is 0 Å². The van der Waals surface area contributed by atoms with Gasteiger partial charge in [-0.15, -0.1) is 0 Å². The van der Waals surface area contributed by atoms with Crippen molar-refractivity contribution >= 4 is 0 Å². The minimum Gasteiger partial charge on any atom is -0.317 e. The van der Waals surface area contributed by atoms with Gasteiger partial charge in [-0.2, -0.15) is 0 Å². The van der Waals surface area contributed by atoms with Crippen LogP contribution in [0.1, 0.15) is 36.0 Å². The predicted molar refractivity (Wildman–Crippen MR) is 65.3 cm³/mol. The van der Waals surface area contributed by atoms with Gasteiger partial charge in [0.25, 0.3) is 0 Å². The fraction of sp³-hybridized carbons (Fsp3) is 0.571. The molecule has 1 aliphatic rings. The van der Waals surface area contributed by atoms with E-state index in [1.165, 1.54) is 24.1 Å². The van der Waals surface area contributed by atoms with Gasteiger partial charge in [-0.1, -0.05) is 30.7 Å². The highest BCUT2D eigenvalue weighted by atomic mass is 14.9. The number of aryl methyl sites for hydroxylation is 2. The van der Waals surface area contributed by atoms with Crippen LogP contribution in [-0.2, 0) is 0 Å². The molecule has 2 atom stereocenters. The molecule has 2 unspecified atom stereocenters. The zero-order valence-corrected chi connectivity index (χ0v) is 10.0. The molecule has 0 radical (unpaired) electrons. The van der Waals surface area contributed by atoms with E-state index in [4.69, 9.17) is 0 Å². The summed E-state index contributed by atoms with van der Waals surface area (Å²) in [7, 11) is 0. The Bertz CT molecular complexity index is 343. The zero-order chi connectivity index (χ0) is 10.8. The lowest BCUT2D eigenvalue weighted by atomic mass is 10.0. The summed E-state index contributed by atoms with van der Waals surface area (Å²) in [5.41, 5.74) is 4.44. The van der Waals surface area contributed by atoms with Crippen molar-refractivity contribution in [2.75, 3.05) is 13.1 Å². The second-order valence-electron chi connectivity index (χ2n) is 4.77. The van der Waals surface area contributed by atoms with Crippen LogP contribution in [0, 0.1) is 19.8 Å². The lowest BCUT2D eigenvalue weighted by Gasteiger charge is -2.07. The van der Waals surface area contributed by atoms with Crippen LogP contribution < -0.4 is 5.32 Å². The maximum atomic E-state index is 3.44. The fourth-order valence-corrected chi connectivity index (χ4v) is 2.34. The number of rotatable bonds is 4. The molecule has 2 rings (SSSR count). The van der Waals surface area contributed by atoms with Gasteiger partial charge in [0, 0.05) is 0 Å². The molecule has 1 heteroatoms. The van der Waals surface area contributed by atoms with E-state index in [1.807, 2.05) is 0 Å². The van der Waals surface area contributed by atoms with Crippen LogP contribution in [0.25, 0.3) is 0 Å². The summed E-state index contributed by atoms with van der Waals surface area (Å²) >= 11 is 0. The summed E-state index contributed by atoms with van der Waals surface area (Å²) < 4.78 is 0. The summed E-state index contributed by atoms with van der Waals surface area (Å²) in [5.74, 6) is 1.70. The molecule has 0 aliphatic heterocycles. The summed E-state index contributed by atoms with van der Waals surface area (Å²) in [5, 5.41) is 3.44. The zero-order valence-electron chi connectivity index (χ0n) is 10.0. The van der Waals surface area contributed by atoms with Crippen molar-refractivity contribution in [3.8, 4) is 0 Å². The van der Waals surface area contributed by atoms with E-state index >= 15 is 0 Å². The standard InChI is InChI=1S/C14H21N/c1-4-15-9-12-8-14(12)13-7-10(2)5-6-11(13)3/h5-7,12,14-15H,4,8-9H2,1-3H3. The van der Waals surface area contributed by atoms with Gasteiger partial charge in [0.15, 0.2) is 0 Å². The first-order valence-corrected chi connectivity index (χ1v) is 6.00. The quantitative estimate of drug-likeness (QED) is 0.793. The van der Waals surface area contributed by atoms with Crippen molar-refractivity contribution in [2.24, 2.45) is 5.92 Å². The highest BCUT2D eigenvalue weighted by Gasteiger charge is 2.38. The summed E-state index contributed by atoms with van der Waals surface area (Å²) in [4.78, 5) is 0. The predicted octanol–water partition coefficient (Wildman–Crippen LogP) is 3.02. The van der Waals surface area contributed by atoms with Gasteiger partial charge < -0.3 is 5.32 Å². The van der Waals surface area contributed by atoms with E-state index in [1.54, 1.807) is 5.56 Å². The molecule has 1 saturated carbocycles. The van der Waals surface area contributed by atoms with Gasteiger partial charge in [-0.25, -0.2) is 0 Å². The van der Waals surface area contributed by atoms with Gasteiger partial charge in [0.1, 0.15) is 0 Å². The number of hydrogen-bond acceptors (Lipinski definition) is 1. The maximum Gasteiger partial charge on any atom is -0.00146 e. The third-order valence-electron chi connectivity index (χ3n) is 3.41. The molecule has 0 saturated heterocycles. The fourth-order valence-electron chi connectivity index (χ4n) is 2.34. The number of benzene rings is 1. The molecule has 15 heavy (non-hydrogen) atoms. The Labute approximate surface area is 92.9 Å². The van der Waals surface area contributed by atoms with Crippen LogP contribution in [-0.4, -0.2) is 13.1 Å². The second-order valence-corrected chi connectivity index (χ2v) is 4.77. The lowest BCUT2D eigenvalue weighted by Crippen LogP contribution is -2.16. The van der Waals surface area contributed by atoms with Crippen molar-refractivity contribution in [1.29, 1.82) is 0 Å². The van der Waals surface area contributed by atoms with Crippen LogP contribution in [0.5, 0.6) is 0 Å². The van der Waals surface area contributed by atoms with Crippen LogP contribution in [0.4, 0.5) is 0 Å². The Hall–Kier alpha value is -0.820. The normalized spacial score (nSPS) is 24.2. The van der Waals surface area contributed by atoms with Crippen LogP contribution >= 0.6 is 0 Å². The van der Waals surface area contributed by atoms with Crippen molar-refractivity contribution in [3.63, 3.8) is 0 Å². The minimum atomic E-state index is 0.823. The average molecular weight is 203 g/mol. The first-order valence-electron chi connectivity index (χ1n) is 6.00. The second kappa shape index (κ2) is 4.36. The molecular weight excluding hydrogens is 182 g/mol. The van der Waals surface area contributed by atoms with Crippen molar-refractivity contribution in [1.82, 2.24) is 5.32 Å². The third kappa shape index (κ3) is 2.40. The highest BCUT2D eigenvalue weighted by molar-refractivity contribution is 5.36. The van der Waals surface area contributed by atoms with Crippen molar-refractivity contribution < 1.29 is 0 Å². The van der Waals surface area contributed by atoms with E-state index in [-0.39, 0.29) is 0 Å². The lowest BCUT2D eigenvalue weighted by molar-refractivity contribution is 0.648. The number of hydrogen-bond donors (Lipinski definition) is 1. The van der Waals surface area contributed by atoms with Crippen LogP contribution in [0.3, 0.4) is 0 Å². The van der Waals surface area contributed by atoms with Crippen LogP contribution in [0.15, 0.2) is 18.2 Å². The van der Waals surface area contributed by atoms with Crippen LogP contribution in [0.2, 0.25) is 0 Å². The smallest absolute Gasteiger partial charge is 0.00146 e. The van der Waals surface area contributed by atoms with E-state index in [2.05, 4.69) is 44.3 Å². The Morgan fingerprint density at radius 1 is 1.33 bits per heavy atom. The molecule has 82 valence electrons. The molecular formula is C14H21N. The minimum absolute atomic E-state index is 0.823. The molecule has 0 bridgehead atoms. The van der Waals surface area contributed by atoms with E-state index in [9.17, 15) is 0 Å². The number of nitrogens with one attached hydrogen (secondary N) is 1. The SMILES string of the molecule is CCNCC1CC1c1cc(C)ccc1C. The van der Waals surface area contributed by atoms with Gasteiger partial charge in [-0.3, -0.25) is 0 Å². The Morgan fingerprint density at radius 3 is 2.87 bits per heavy atom. The van der Waals surface area contributed by atoms with Crippen molar-refractivity contribution in [3.05, 3.63) is 34.9 Å². The van der Waals surface area contributed by atoms with Gasteiger partial charge in [0.05, 0.1) is 0 Å². The summed E-state index contributed by atoms with van der Waals surface area (Å²) in [6, 6.07) is 6.83. The molecule has 1 aromatic carbocycles. The largest absolute Gasteiger partial charge is 0.317 e. The summed E-state index contributed by atoms with van der Waals surface area (Å²) in [6.45, 7) is 8.88.